The summed E-state index contributed by atoms with van der Waals surface area (Å²) in [5.74, 6) is -3.32. The van der Waals surface area contributed by atoms with Crippen LogP contribution in [-0.2, 0) is 68.5 Å². The Kier molecular flexibility index (Phi) is 43.5. The fraction of sp³-hybridized carbons (Fsp3) is 0.585. The maximum absolute atomic E-state index is 13.6. The highest BCUT2D eigenvalue weighted by Gasteiger charge is 2.34. The first-order chi connectivity index (χ1) is 50.1. The molecule has 0 radical (unpaired) electrons. The average Bonchev–Trinajstić information content (AvgIpc) is 1.62. The number of amides is 4. The molecule has 0 bridgehead atoms. The van der Waals surface area contributed by atoms with E-state index in [2.05, 4.69) is 86.5 Å². The van der Waals surface area contributed by atoms with E-state index in [1.54, 1.807) is 84.0 Å². The molecule has 4 atom stereocenters. The Balaban J connectivity index is 0.000000553. The number of carbonyl (C=O) groups excluding carboxylic acids is 10. The number of benzene rings is 3. The smallest absolute Gasteiger partial charge is 0.407 e. The van der Waals surface area contributed by atoms with Crippen molar-refractivity contribution in [2.45, 2.75) is 266 Å². The molecule has 0 aromatic heterocycles. The molecule has 106 heavy (non-hydrogen) atoms. The number of fused-ring (bicyclic) bond motifs is 3. The van der Waals surface area contributed by atoms with E-state index in [-0.39, 0.29) is 65.9 Å². The van der Waals surface area contributed by atoms with Crippen molar-refractivity contribution in [1.82, 2.24) is 21.3 Å². The van der Waals surface area contributed by atoms with Gasteiger partial charge in [0.25, 0.3) is 11.8 Å². The number of carbonyl (C=O) groups is 10. The first kappa shape index (κ1) is 92.9. The lowest BCUT2D eigenvalue weighted by Gasteiger charge is -2.24. The van der Waals surface area contributed by atoms with Crippen molar-refractivity contribution in [3.05, 3.63) is 131 Å². The molecule has 0 saturated carbocycles. The van der Waals surface area contributed by atoms with Gasteiger partial charge in [0, 0.05) is 58.5 Å². The number of rotatable bonds is 45. The van der Waals surface area contributed by atoms with Crippen molar-refractivity contribution in [2.24, 2.45) is 11.8 Å². The van der Waals surface area contributed by atoms with Crippen molar-refractivity contribution in [1.29, 1.82) is 0 Å². The second-order valence-electron chi connectivity index (χ2n) is 30.7. The summed E-state index contributed by atoms with van der Waals surface area (Å²) in [5, 5.41) is 11.0. The number of unbranched alkanes of at least 4 members (excludes halogenated alkanes) is 8. The van der Waals surface area contributed by atoms with Gasteiger partial charge in [-0.2, -0.15) is 0 Å². The number of ether oxygens (including phenoxy) is 6. The van der Waals surface area contributed by atoms with Gasteiger partial charge in [0.15, 0.2) is 10.2 Å². The van der Waals surface area contributed by atoms with Gasteiger partial charge < -0.3 is 49.7 Å². The van der Waals surface area contributed by atoms with E-state index in [0.29, 0.717) is 49.4 Å². The average molecular weight is 1540 g/mol. The Morgan fingerprint density at radius 1 is 0.566 bits per heavy atom. The molecule has 4 rings (SSSR count). The molecule has 0 fully saturated rings. The van der Waals surface area contributed by atoms with Crippen LogP contribution < -0.4 is 21.3 Å². The van der Waals surface area contributed by atoms with Crippen molar-refractivity contribution in [3.8, 4) is 11.1 Å². The van der Waals surface area contributed by atoms with Crippen molar-refractivity contribution < 1.29 is 76.4 Å². The Labute approximate surface area is 642 Å². The summed E-state index contributed by atoms with van der Waals surface area (Å²) in [7, 11) is -2.84. The van der Waals surface area contributed by atoms with Gasteiger partial charge in [-0.05, 0) is 129 Å². The monoisotopic (exact) mass is 1540 g/mol. The Hall–Kier alpha value is -7.29. The fourth-order valence-electron chi connectivity index (χ4n) is 10.7. The van der Waals surface area contributed by atoms with Crippen molar-refractivity contribution in [3.63, 3.8) is 0 Å². The molecule has 4 amide bonds. The minimum atomic E-state index is -1.44. The molecule has 20 nitrogen and oxygen atoms in total. The first-order valence-electron chi connectivity index (χ1n) is 38.0. The summed E-state index contributed by atoms with van der Waals surface area (Å²) < 4.78 is 33.5. The molecule has 1 aliphatic carbocycles. The van der Waals surface area contributed by atoms with Crippen LogP contribution in [0.2, 0.25) is 51.4 Å². The maximum atomic E-state index is 13.6. The summed E-state index contributed by atoms with van der Waals surface area (Å²) in [4.78, 5) is 129. The van der Waals surface area contributed by atoms with E-state index >= 15 is 0 Å². The third-order valence-electron chi connectivity index (χ3n) is 16.8. The fourth-order valence-corrected chi connectivity index (χ4v) is 13.7. The van der Waals surface area contributed by atoms with Crippen LogP contribution in [0.5, 0.6) is 0 Å². The SMILES string of the molecule is C/C=C(\NC(=O)c1cccc(CNC(=O)OC(C)(C)C)c1)C(=O)N[C@H](C(=O)O[C@H](/C=C/CCSC(=O)CCCCCCC)CC(=O)OCC[Si](C)(C)C)C(C)C.CCCCCCCC(=O)SCC/C=C/[C@H](CC(=O)OCC[Si](C)(C)C)OC(=O)[C@@H](NC(=O)OCC1c2ccccc2-c2ccccc21)C(C)C. The van der Waals surface area contributed by atoms with E-state index in [9.17, 15) is 47.9 Å². The van der Waals surface area contributed by atoms with Crippen LogP contribution in [0.25, 0.3) is 11.1 Å². The van der Waals surface area contributed by atoms with Crippen LogP contribution in [0.15, 0.2) is 109 Å². The molecule has 0 saturated heterocycles. The van der Waals surface area contributed by atoms with E-state index in [1.807, 2.05) is 56.3 Å². The second-order valence-corrected chi connectivity index (χ2v) is 44.3. The summed E-state index contributed by atoms with van der Waals surface area (Å²) >= 11 is 2.58. The van der Waals surface area contributed by atoms with Crippen LogP contribution in [0.1, 0.15) is 205 Å². The maximum Gasteiger partial charge on any atom is 0.407 e. The quantitative estimate of drug-likeness (QED) is 0.0102. The van der Waals surface area contributed by atoms with E-state index < -0.39 is 99.8 Å². The van der Waals surface area contributed by atoms with Gasteiger partial charge in [-0.3, -0.25) is 28.8 Å². The Morgan fingerprint density at radius 2 is 1.03 bits per heavy atom. The molecule has 4 N–H and O–H groups in total. The molecule has 588 valence electrons. The summed E-state index contributed by atoms with van der Waals surface area (Å²) in [5.41, 5.74) is 4.59. The lowest BCUT2D eigenvalue weighted by atomic mass is 9.98. The Morgan fingerprint density at radius 3 is 1.47 bits per heavy atom. The van der Waals surface area contributed by atoms with Gasteiger partial charge in [-0.1, -0.05) is 235 Å². The predicted molar refractivity (Wildman–Crippen MR) is 431 cm³/mol. The lowest BCUT2D eigenvalue weighted by molar-refractivity contribution is -0.157. The molecular weight excluding hydrogens is 1420 g/mol. The molecule has 0 heterocycles. The number of allylic oxidation sites excluding steroid dienone is 3. The van der Waals surface area contributed by atoms with Crippen LogP contribution in [0, 0.1) is 11.8 Å². The first-order valence-corrected chi connectivity index (χ1v) is 47.3. The lowest BCUT2D eigenvalue weighted by Crippen LogP contribution is -2.48. The van der Waals surface area contributed by atoms with Gasteiger partial charge >= 0.3 is 36.1 Å². The number of alkyl carbamates (subject to hydrolysis) is 2. The molecule has 0 spiro atoms. The zero-order valence-corrected chi connectivity index (χ0v) is 69.8. The summed E-state index contributed by atoms with van der Waals surface area (Å²) in [6, 6.07) is 22.3. The Bertz CT molecular complexity index is 3330. The zero-order chi connectivity index (χ0) is 78.8. The molecular formula is C82H124N4O16S2Si2. The normalized spacial score (nSPS) is 13.5. The van der Waals surface area contributed by atoms with Gasteiger partial charge in [-0.25, -0.2) is 19.2 Å². The standard InChI is InChI=1S/C42H67N3O9SSi.C40H57NO7SSi/c1-11-13-14-15-16-23-36(47)55-25-18-17-22-33(28-35(46)52-24-26-56(8,9)10)53-40(50)37(30(3)4)45-39(49)34(12-2)44-38(48)32-21-19-20-31(27-32)29-43-41(51)54-42(5,6)7;1-7-8-9-10-11-23-37(43)49-25-17-16-18-30(27-36(42)46-24-26-50(4,5)6)48-39(44)38(29(2)3)41-40(45)47-28-35-33-21-14-12-19-31(33)32-20-13-15-22-34(32)35/h12,17,19-22,27,30,33,37H,11,13-16,18,23-26,28-29H2,1-10H3,(H,43,51)(H,44,48)(H,45,49);12-16,18-22,29-30,35,38H,7-11,17,23-28H2,1-6H3,(H,41,45)/b22-17+,34-12-;18-16+/t33-,37+;30-,38+/m11/s1. The van der Waals surface area contributed by atoms with Gasteiger partial charge in [0.2, 0.25) is 0 Å². The van der Waals surface area contributed by atoms with E-state index in [0.717, 1.165) is 79.3 Å². The topological polar surface area (TPSA) is 274 Å². The molecule has 1 aliphatic rings. The predicted octanol–water partition coefficient (Wildman–Crippen LogP) is 17.5. The second kappa shape index (κ2) is 49.6. The third kappa shape index (κ3) is 39.5. The third-order valence-corrected chi connectivity index (χ3v) is 22.2. The highest BCUT2D eigenvalue weighted by Crippen LogP contribution is 2.44. The van der Waals surface area contributed by atoms with E-state index in [1.165, 1.54) is 48.9 Å². The molecule has 0 unspecified atom stereocenters. The molecule has 0 aliphatic heterocycles. The van der Waals surface area contributed by atoms with Gasteiger partial charge in [-0.15, -0.1) is 0 Å². The highest BCUT2D eigenvalue weighted by molar-refractivity contribution is 8.13. The molecule has 3 aromatic rings. The minimum Gasteiger partial charge on any atom is -0.466 e. The molecule has 24 heteroatoms. The van der Waals surface area contributed by atoms with Crippen molar-refractivity contribution in [2.75, 3.05) is 31.3 Å². The van der Waals surface area contributed by atoms with Crippen LogP contribution in [0.3, 0.4) is 0 Å². The van der Waals surface area contributed by atoms with E-state index in [4.69, 9.17) is 28.4 Å². The summed E-state index contributed by atoms with van der Waals surface area (Å²) in [6.45, 7) is 32.3. The highest BCUT2D eigenvalue weighted by atomic mass is 32.2. The molecule has 3 aromatic carbocycles. The minimum absolute atomic E-state index is 0.0823. The van der Waals surface area contributed by atoms with Crippen LogP contribution >= 0.6 is 23.5 Å². The largest absolute Gasteiger partial charge is 0.466 e. The zero-order valence-electron chi connectivity index (χ0n) is 66.2. The van der Waals surface area contributed by atoms with Gasteiger partial charge in [0.1, 0.15) is 42.2 Å². The number of hydrogen-bond donors (Lipinski definition) is 4. The number of thioether (sulfide) groups is 2. The van der Waals surface area contributed by atoms with Crippen molar-refractivity contribution >= 4 is 97.8 Å². The number of nitrogens with one attached hydrogen (secondary N) is 4. The van der Waals surface area contributed by atoms with Gasteiger partial charge in [0.05, 0.1) is 26.1 Å². The van der Waals surface area contributed by atoms with Crippen LogP contribution in [-0.4, -0.2) is 135 Å². The number of hydrogen-bond acceptors (Lipinski definition) is 18. The van der Waals surface area contributed by atoms with Crippen LogP contribution in [0.4, 0.5) is 9.59 Å². The number of esters is 4. The summed E-state index contributed by atoms with van der Waals surface area (Å²) in [6.07, 6.45) is 18.0.